The SMILES string of the molecule is Cc1c([C@H]2[C@H](NCc3ccnc(N(C)C)n3)CC(=O)N2C)cnn1C. The van der Waals surface area contributed by atoms with Crippen molar-refractivity contribution in [3.8, 4) is 0 Å². The largest absolute Gasteiger partial charge is 0.347 e. The second-order valence-corrected chi connectivity index (χ2v) is 6.69. The van der Waals surface area contributed by atoms with Crippen molar-refractivity contribution in [3.05, 3.63) is 35.4 Å². The molecule has 1 fully saturated rings. The monoisotopic (exact) mass is 343 g/mol. The van der Waals surface area contributed by atoms with E-state index in [1.807, 2.05) is 61.9 Å². The van der Waals surface area contributed by atoms with E-state index < -0.39 is 0 Å². The van der Waals surface area contributed by atoms with Crippen molar-refractivity contribution < 1.29 is 4.79 Å². The van der Waals surface area contributed by atoms with E-state index >= 15 is 0 Å². The first-order valence-corrected chi connectivity index (χ1v) is 8.35. The minimum absolute atomic E-state index is 0.0173. The highest BCUT2D eigenvalue weighted by atomic mass is 16.2. The van der Waals surface area contributed by atoms with Gasteiger partial charge in [-0.05, 0) is 13.0 Å². The molecule has 2 atom stereocenters. The van der Waals surface area contributed by atoms with Crippen molar-refractivity contribution in [1.29, 1.82) is 0 Å². The zero-order chi connectivity index (χ0) is 18.1. The second kappa shape index (κ2) is 6.79. The van der Waals surface area contributed by atoms with Gasteiger partial charge in [-0.1, -0.05) is 0 Å². The Labute approximate surface area is 147 Å². The summed E-state index contributed by atoms with van der Waals surface area (Å²) >= 11 is 0. The minimum atomic E-state index is -0.0173. The number of hydrogen-bond acceptors (Lipinski definition) is 6. The number of hydrogen-bond donors (Lipinski definition) is 1. The van der Waals surface area contributed by atoms with Gasteiger partial charge in [0.05, 0.1) is 17.9 Å². The first-order valence-electron chi connectivity index (χ1n) is 8.35. The fraction of sp³-hybridized carbons (Fsp3) is 0.529. The van der Waals surface area contributed by atoms with Gasteiger partial charge in [0.25, 0.3) is 0 Å². The zero-order valence-electron chi connectivity index (χ0n) is 15.4. The van der Waals surface area contributed by atoms with Crippen molar-refractivity contribution in [2.45, 2.75) is 32.0 Å². The molecule has 1 saturated heterocycles. The third-order valence-corrected chi connectivity index (χ3v) is 4.82. The Morgan fingerprint density at radius 1 is 1.36 bits per heavy atom. The minimum Gasteiger partial charge on any atom is -0.347 e. The van der Waals surface area contributed by atoms with Crippen molar-refractivity contribution in [2.24, 2.45) is 7.05 Å². The third-order valence-electron chi connectivity index (χ3n) is 4.82. The first kappa shape index (κ1) is 17.3. The molecule has 0 aromatic carbocycles. The van der Waals surface area contributed by atoms with Crippen LogP contribution in [0.3, 0.4) is 0 Å². The van der Waals surface area contributed by atoms with E-state index in [0.29, 0.717) is 18.9 Å². The van der Waals surface area contributed by atoms with Crippen LogP contribution in [0.2, 0.25) is 0 Å². The molecule has 0 radical (unpaired) electrons. The maximum Gasteiger partial charge on any atom is 0.225 e. The summed E-state index contributed by atoms with van der Waals surface area (Å²) < 4.78 is 1.84. The van der Waals surface area contributed by atoms with Crippen LogP contribution in [0.5, 0.6) is 0 Å². The molecule has 2 aromatic rings. The molecule has 0 unspecified atom stereocenters. The number of likely N-dealkylation sites (tertiary alicyclic amines) is 1. The van der Waals surface area contributed by atoms with Gasteiger partial charge in [0, 0.05) is 64.7 Å². The number of anilines is 1. The molecule has 8 nitrogen and oxygen atoms in total. The summed E-state index contributed by atoms with van der Waals surface area (Å²) in [7, 11) is 7.61. The van der Waals surface area contributed by atoms with Gasteiger partial charge in [0.2, 0.25) is 11.9 Å². The zero-order valence-corrected chi connectivity index (χ0v) is 15.4. The maximum atomic E-state index is 12.3. The number of amides is 1. The molecule has 0 saturated carbocycles. The lowest BCUT2D eigenvalue weighted by atomic mass is 10.0. The predicted octanol–water partition coefficient (Wildman–Crippen LogP) is 0.646. The van der Waals surface area contributed by atoms with Gasteiger partial charge in [0.15, 0.2) is 0 Å². The Bertz CT molecular complexity index is 770. The van der Waals surface area contributed by atoms with Gasteiger partial charge >= 0.3 is 0 Å². The molecule has 0 aliphatic carbocycles. The summed E-state index contributed by atoms with van der Waals surface area (Å²) in [5, 5.41) is 7.83. The number of aryl methyl sites for hydroxylation is 1. The van der Waals surface area contributed by atoms with Gasteiger partial charge in [0.1, 0.15) is 0 Å². The molecule has 2 aromatic heterocycles. The lowest BCUT2D eigenvalue weighted by Gasteiger charge is -2.25. The normalized spacial score (nSPS) is 20.4. The molecule has 0 bridgehead atoms. The molecule has 25 heavy (non-hydrogen) atoms. The molecule has 0 spiro atoms. The van der Waals surface area contributed by atoms with E-state index in [9.17, 15) is 4.79 Å². The number of likely N-dealkylation sites (N-methyl/N-ethyl adjacent to an activating group) is 1. The summed E-state index contributed by atoms with van der Waals surface area (Å²) in [5.74, 6) is 0.820. The van der Waals surface area contributed by atoms with Crippen molar-refractivity contribution >= 4 is 11.9 Å². The van der Waals surface area contributed by atoms with E-state index in [2.05, 4.69) is 20.4 Å². The number of rotatable bonds is 5. The summed E-state index contributed by atoms with van der Waals surface area (Å²) in [5.41, 5.74) is 3.07. The lowest BCUT2D eigenvalue weighted by molar-refractivity contribution is -0.127. The highest BCUT2D eigenvalue weighted by Crippen LogP contribution is 2.33. The van der Waals surface area contributed by atoms with Crippen LogP contribution in [-0.4, -0.2) is 57.7 Å². The number of aromatic nitrogens is 4. The van der Waals surface area contributed by atoms with E-state index in [0.717, 1.165) is 17.0 Å². The third kappa shape index (κ3) is 3.34. The summed E-state index contributed by atoms with van der Waals surface area (Å²) in [6.45, 7) is 2.62. The fourth-order valence-electron chi connectivity index (χ4n) is 3.22. The van der Waals surface area contributed by atoms with E-state index in [1.54, 1.807) is 6.20 Å². The van der Waals surface area contributed by atoms with Gasteiger partial charge in [-0.15, -0.1) is 0 Å². The first-order chi connectivity index (χ1) is 11.9. The van der Waals surface area contributed by atoms with Crippen molar-refractivity contribution in [2.75, 3.05) is 26.0 Å². The van der Waals surface area contributed by atoms with E-state index in [4.69, 9.17) is 0 Å². The summed E-state index contributed by atoms with van der Waals surface area (Å²) in [6.07, 6.45) is 4.09. The highest BCUT2D eigenvalue weighted by molar-refractivity contribution is 5.80. The van der Waals surface area contributed by atoms with Crippen molar-refractivity contribution in [1.82, 2.24) is 30.0 Å². The smallest absolute Gasteiger partial charge is 0.225 e. The molecule has 1 amide bonds. The van der Waals surface area contributed by atoms with Crippen LogP contribution in [-0.2, 0) is 18.4 Å². The Morgan fingerprint density at radius 2 is 2.12 bits per heavy atom. The Morgan fingerprint density at radius 3 is 2.76 bits per heavy atom. The van der Waals surface area contributed by atoms with Gasteiger partial charge in [-0.2, -0.15) is 5.10 Å². The molecular weight excluding hydrogens is 318 g/mol. The molecule has 8 heteroatoms. The van der Waals surface area contributed by atoms with E-state index in [-0.39, 0.29) is 18.0 Å². The quantitative estimate of drug-likeness (QED) is 0.859. The second-order valence-electron chi connectivity index (χ2n) is 6.69. The molecule has 3 rings (SSSR count). The number of carbonyl (C=O) groups excluding carboxylic acids is 1. The van der Waals surface area contributed by atoms with Gasteiger partial charge in [-0.25, -0.2) is 9.97 Å². The number of nitrogens with zero attached hydrogens (tertiary/aromatic N) is 6. The van der Waals surface area contributed by atoms with Crippen molar-refractivity contribution in [3.63, 3.8) is 0 Å². The summed E-state index contributed by atoms with van der Waals surface area (Å²) in [4.78, 5) is 24.7. The standard InChI is InChI=1S/C17H25N7O/c1-11-13(10-20-24(11)5)16-14(8-15(25)23(16)4)19-9-12-6-7-18-17(21-12)22(2)3/h6-7,10,14,16,19H,8-9H2,1-5H3/t14-,16+/m1/s1. The fourth-order valence-corrected chi connectivity index (χ4v) is 3.22. The van der Waals surface area contributed by atoms with Crippen LogP contribution < -0.4 is 10.2 Å². The topological polar surface area (TPSA) is 79.2 Å². The average molecular weight is 343 g/mol. The molecule has 1 N–H and O–H groups in total. The number of carbonyl (C=O) groups is 1. The van der Waals surface area contributed by atoms with Crippen LogP contribution in [0.15, 0.2) is 18.5 Å². The van der Waals surface area contributed by atoms with Crippen LogP contribution in [0.25, 0.3) is 0 Å². The highest BCUT2D eigenvalue weighted by Gasteiger charge is 2.39. The van der Waals surface area contributed by atoms with Crippen LogP contribution in [0.4, 0.5) is 5.95 Å². The molecule has 3 heterocycles. The Kier molecular flexibility index (Phi) is 4.71. The van der Waals surface area contributed by atoms with Crippen LogP contribution in [0.1, 0.15) is 29.4 Å². The number of nitrogens with one attached hydrogen (secondary N) is 1. The van der Waals surface area contributed by atoms with E-state index in [1.165, 1.54) is 0 Å². The Hall–Kier alpha value is -2.48. The molecule has 1 aliphatic rings. The van der Waals surface area contributed by atoms with Crippen LogP contribution >= 0.6 is 0 Å². The van der Waals surface area contributed by atoms with Gasteiger partial charge in [-0.3, -0.25) is 9.48 Å². The molecule has 1 aliphatic heterocycles. The lowest BCUT2D eigenvalue weighted by Crippen LogP contribution is -2.35. The average Bonchev–Trinajstić information content (AvgIpc) is 3.06. The molecule has 134 valence electrons. The summed E-state index contributed by atoms with van der Waals surface area (Å²) in [6, 6.07) is 1.90. The van der Waals surface area contributed by atoms with Crippen LogP contribution in [0, 0.1) is 6.92 Å². The predicted molar refractivity (Wildman–Crippen MR) is 95.1 cm³/mol. The van der Waals surface area contributed by atoms with Gasteiger partial charge < -0.3 is 15.1 Å². The Balaban J connectivity index is 1.77. The molecular formula is C17H25N7O. The maximum absolute atomic E-state index is 12.3.